The maximum atomic E-state index is 12.3. The second kappa shape index (κ2) is 9.63. The molecule has 140 valence electrons. The van der Waals surface area contributed by atoms with E-state index in [4.69, 9.17) is 4.74 Å². The normalized spacial score (nSPS) is 17.3. The highest BCUT2D eigenvalue weighted by Gasteiger charge is 2.25. The molecule has 0 bridgehead atoms. The highest BCUT2D eigenvalue weighted by Crippen LogP contribution is 2.17. The second-order valence-electron chi connectivity index (χ2n) is 6.95. The molecule has 1 saturated heterocycles. The number of nitrogens with one attached hydrogen (secondary N) is 2. The number of amides is 2. The van der Waals surface area contributed by atoms with Gasteiger partial charge in [-0.15, -0.1) is 0 Å². The van der Waals surface area contributed by atoms with Crippen molar-refractivity contribution in [2.45, 2.75) is 26.8 Å². The molecule has 2 rings (SSSR count). The Morgan fingerprint density at radius 2 is 1.96 bits per heavy atom. The van der Waals surface area contributed by atoms with Gasteiger partial charge in [-0.05, 0) is 32.0 Å². The number of rotatable bonds is 7. The minimum absolute atomic E-state index is 0.173. The molecule has 1 heterocycles. The van der Waals surface area contributed by atoms with Crippen LogP contribution in [0.4, 0.5) is 10.5 Å². The fourth-order valence-electron chi connectivity index (χ4n) is 3.14. The van der Waals surface area contributed by atoms with Gasteiger partial charge in [-0.1, -0.05) is 19.9 Å². The molecule has 1 aromatic carbocycles. The highest BCUT2D eigenvalue weighted by molar-refractivity contribution is 5.89. The van der Waals surface area contributed by atoms with E-state index in [-0.39, 0.29) is 6.03 Å². The van der Waals surface area contributed by atoms with Crippen molar-refractivity contribution in [1.29, 1.82) is 0 Å². The van der Waals surface area contributed by atoms with Crippen LogP contribution >= 0.6 is 0 Å². The van der Waals surface area contributed by atoms with E-state index in [1.165, 1.54) is 0 Å². The molecule has 0 spiro atoms. The van der Waals surface area contributed by atoms with Crippen LogP contribution in [0.2, 0.25) is 0 Å². The largest absolute Gasteiger partial charge is 0.494 e. The lowest BCUT2D eigenvalue weighted by molar-refractivity contribution is 0.0890. The number of hydrogen-bond acceptors (Lipinski definition) is 4. The van der Waals surface area contributed by atoms with E-state index in [1.54, 1.807) is 0 Å². The summed E-state index contributed by atoms with van der Waals surface area (Å²) in [5.74, 6) is 1.25. The number of carbonyl (C=O) groups excluding carboxylic acids is 1. The standard InChI is InChI=1S/C19H32N4O2/c1-5-25-17-8-6-7-16(13-17)21-19(24)20-14-18(15(2)3)23-11-9-22(4)10-12-23/h6-8,13,15,18H,5,9-12,14H2,1-4H3,(H2,20,21,24)/t18-/m0/s1. The Morgan fingerprint density at radius 3 is 2.60 bits per heavy atom. The summed E-state index contributed by atoms with van der Waals surface area (Å²) in [6, 6.07) is 7.64. The van der Waals surface area contributed by atoms with Crippen LogP contribution < -0.4 is 15.4 Å². The van der Waals surface area contributed by atoms with Gasteiger partial charge in [0.05, 0.1) is 6.61 Å². The Labute approximate surface area is 151 Å². The quantitative estimate of drug-likeness (QED) is 0.795. The van der Waals surface area contributed by atoms with Gasteiger partial charge in [-0.25, -0.2) is 4.79 Å². The molecule has 0 unspecified atom stereocenters. The molecular weight excluding hydrogens is 316 g/mol. The Kier molecular flexibility index (Phi) is 7.52. The summed E-state index contributed by atoms with van der Waals surface area (Å²) in [6.07, 6.45) is 0. The summed E-state index contributed by atoms with van der Waals surface area (Å²) in [4.78, 5) is 17.1. The Balaban J connectivity index is 1.85. The van der Waals surface area contributed by atoms with E-state index in [2.05, 4.69) is 41.3 Å². The third kappa shape index (κ3) is 6.21. The first kappa shape index (κ1) is 19.5. The third-order valence-electron chi connectivity index (χ3n) is 4.65. The number of anilines is 1. The van der Waals surface area contributed by atoms with Crippen LogP contribution in [0.15, 0.2) is 24.3 Å². The molecule has 0 aliphatic carbocycles. The molecule has 25 heavy (non-hydrogen) atoms. The minimum Gasteiger partial charge on any atom is -0.494 e. The number of piperazine rings is 1. The molecule has 1 aliphatic heterocycles. The summed E-state index contributed by atoms with van der Waals surface area (Å²) in [6.45, 7) is 11.9. The van der Waals surface area contributed by atoms with Crippen LogP contribution in [0, 0.1) is 5.92 Å². The third-order valence-corrected chi connectivity index (χ3v) is 4.65. The maximum absolute atomic E-state index is 12.3. The van der Waals surface area contributed by atoms with Gasteiger partial charge in [0.25, 0.3) is 0 Å². The topological polar surface area (TPSA) is 56.8 Å². The van der Waals surface area contributed by atoms with Gasteiger partial charge in [0.2, 0.25) is 0 Å². The molecule has 1 atom stereocenters. The highest BCUT2D eigenvalue weighted by atomic mass is 16.5. The van der Waals surface area contributed by atoms with Crippen molar-refractivity contribution in [1.82, 2.24) is 15.1 Å². The van der Waals surface area contributed by atoms with Crippen molar-refractivity contribution >= 4 is 11.7 Å². The van der Waals surface area contributed by atoms with Crippen LogP contribution in [-0.2, 0) is 0 Å². The van der Waals surface area contributed by atoms with Crippen molar-refractivity contribution in [3.05, 3.63) is 24.3 Å². The molecule has 2 amide bonds. The lowest BCUT2D eigenvalue weighted by atomic mass is 10.0. The minimum atomic E-state index is -0.173. The second-order valence-corrected chi connectivity index (χ2v) is 6.95. The number of benzene rings is 1. The molecule has 0 aromatic heterocycles. The smallest absolute Gasteiger partial charge is 0.319 e. The summed E-state index contributed by atoms with van der Waals surface area (Å²) >= 11 is 0. The molecule has 6 nitrogen and oxygen atoms in total. The Hall–Kier alpha value is -1.79. The SMILES string of the molecule is CCOc1cccc(NC(=O)NC[C@@H](C(C)C)N2CCN(C)CC2)c1. The van der Waals surface area contributed by atoms with Crippen molar-refractivity contribution in [2.24, 2.45) is 5.92 Å². The number of carbonyl (C=O) groups is 1. The van der Waals surface area contributed by atoms with Gasteiger partial charge >= 0.3 is 6.03 Å². The van der Waals surface area contributed by atoms with Crippen molar-refractivity contribution < 1.29 is 9.53 Å². The molecule has 1 aromatic rings. The first-order chi connectivity index (χ1) is 12.0. The average Bonchev–Trinajstić information content (AvgIpc) is 2.57. The lowest BCUT2D eigenvalue weighted by Gasteiger charge is -2.39. The number of urea groups is 1. The Bertz CT molecular complexity index is 542. The van der Waals surface area contributed by atoms with E-state index in [9.17, 15) is 4.79 Å². The van der Waals surface area contributed by atoms with Gasteiger partial charge < -0.3 is 20.3 Å². The van der Waals surface area contributed by atoms with E-state index in [0.29, 0.717) is 25.1 Å². The number of hydrogen-bond donors (Lipinski definition) is 2. The van der Waals surface area contributed by atoms with Gasteiger partial charge in [0.1, 0.15) is 5.75 Å². The van der Waals surface area contributed by atoms with Crippen LogP contribution in [0.3, 0.4) is 0 Å². The van der Waals surface area contributed by atoms with E-state index in [1.807, 2.05) is 31.2 Å². The zero-order chi connectivity index (χ0) is 18.2. The van der Waals surface area contributed by atoms with Crippen LogP contribution in [0.5, 0.6) is 5.75 Å². The average molecular weight is 348 g/mol. The lowest BCUT2D eigenvalue weighted by Crippen LogP contribution is -2.54. The zero-order valence-electron chi connectivity index (χ0n) is 15.9. The van der Waals surface area contributed by atoms with E-state index in [0.717, 1.165) is 37.6 Å². The van der Waals surface area contributed by atoms with E-state index < -0.39 is 0 Å². The number of likely N-dealkylation sites (N-methyl/N-ethyl adjacent to an activating group) is 1. The van der Waals surface area contributed by atoms with Crippen LogP contribution in [0.1, 0.15) is 20.8 Å². The molecule has 1 aliphatic rings. The predicted octanol–water partition coefficient (Wildman–Crippen LogP) is 2.48. The van der Waals surface area contributed by atoms with Gasteiger partial charge in [-0.3, -0.25) is 4.90 Å². The zero-order valence-corrected chi connectivity index (χ0v) is 15.9. The number of nitrogens with zero attached hydrogens (tertiary/aromatic N) is 2. The van der Waals surface area contributed by atoms with Crippen molar-refractivity contribution in [2.75, 3.05) is 51.7 Å². The fraction of sp³-hybridized carbons (Fsp3) is 0.632. The summed E-state index contributed by atoms with van der Waals surface area (Å²) in [7, 11) is 2.16. The summed E-state index contributed by atoms with van der Waals surface area (Å²) in [5, 5.41) is 5.91. The fourth-order valence-corrected chi connectivity index (χ4v) is 3.14. The van der Waals surface area contributed by atoms with E-state index >= 15 is 0 Å². The molecule has 0 saturated carbocycles. The van der Waals surface area contributed by atoms with Crippen molar-refractivity contribution in [3.8, 4) is 5.75 Å². The molecule has 0 radical (unpaired) electrons. The summed E-state index contributed by atoms with van der Waals surface area (Å²) in [5.41, 5.74) is 0.740. The molecule has 2 N–H and O–H groups in total. The van der Waals surface area contributed by atoms with Gasteiger partial charge in [0, 0.05) is 50.5 Å². The van der Waals surface area contributed by atoms with Gasteiger partial charge in [-0.2, -0.15) is 0 Å². The molecular formula is C19H32N4O2. The summed E-state index contributed by atoms with van der Waals surface area (Å²) < 4.78 is 5.46. The maximum Gasteiger partial charge on any atom is 0.319 e. The van der Waals surface area contributed by atoms with Crippen LogP contribution in [-0.4, -0.2) is 68.3 Å². The van der Waals surface area contributed by atoms with Gasteiger partial charge in [0.15, 0.2) is 0 Å². The first-order valence-electron chi connectivity index (χ1n) is 9.20. The molecule has 6 heteroatoms. The molecule has 1 fully saturated rings. The predicted molar refractivity (Wildman–Crippen MR) is 102 cm³/mol. The van der Waals surface area contributed by atoms with Crippen LogP contribution in [0.25, 0.3) is 0 Å². The first-order valence-corrected chi connectivity index (χ1v) is 9.20. The van der Waals surface area contributed by atoms with Crippen molar-refractivity contribution in [3.63, 3.8) is 0 Å². The Morgan fingerprint density at radius 1 is 1.24 bits per heavy atom. The monoisotopic (exact) mass is 348 g/mol. The number of ether oxygens (including phenoxy) is 1.